The lowest BCUT2D eigenvalue weighted by atomic mass is 10.0. The minimum atomic E-state index is -1.32. The lowest BCUT2D eigenvalue weighted by Gasteiger charge is -2.27. The summed E-state index contributed by atoms with van der Waals surface area (Å²) in [5.41, 5.74) is 4.01. The standard InChI is InChI=1S/C24H24N4O5/c1-26-20-14-18(10-11-21(20)33-24(26)32)17-8-6-16(7-9-17)12-13-27(15-25)22(29)28(23(30)31)19-4-2-3-5-19/h6-11,14,19H,2-5,12-13H2,1H3,(H,30,31). The highest BCUT2D eigenvalue weighted by molar-refractivity contribution is 5.91. The van der Waals surface area contributed by atoms with Crippen LogP contribution >= 0.6 is 0 Å². The molecule has 1 N–H and O–H groups in total. The monoisotopic (exact) mass is 448 g/mol. The number of aromatic nitrogens is 1. The fraction of sp³-hybridized carbons (Fsp3) is 0.333. The molecular formula is C24H24N4O5. The number of carboxylic acid groups (broad SMARTS) is 1. The Labute approximate surface area is 190 Å². The molecule has 1 heterocycles. The van der Waals surface area contributed by atoms with Crippen molar-refractivity contribution in [2.45, 2.75) is 38.1 Å². The molecule has 1 aliphatic carbocycles. The molecule has 9 heteroatoms. The zero-order valence-electron chi connectivity index (χ0n) is 18.2. The van der Waals surface area contributed by atoms with Gasteiger partial charge in [0.2, 0.25) is 0 Å². The van der Waals surface area contributed by atoms with E-state index in [1.165, 1.54) is 4.57 Å². The molecule has 0 aliphatic heterocycles. The van der Waals surface area contributed by atoms with Crippen LogP contribution in [0.4, 0.5) is 9.59 Å². The van der Waals surface area contributed by atoms with Gasteiger partial charge < -0.3 is 9.52 Å². The Hall–Kier alpha value is -4.06. The lowest BCUT2D eigenvalue weighted by molar-refractivity contribution is 0.121. The van der Waals surface area contributed by atoms with Crippen molar-refractivity contribution in [3.8, 4) is 17.3 Å². The second-order valence-corrected chi connectivity index (χ2v) is 8.18. The summed E-state index contributed by atoms with van der Waals surface area (Å²) >= 11 is 0. The van der Waals surface area contributed by atoms with Gasteiger partial charge in [0, 0.05) is 19.6 Å². The molecule has 3 aromatic rings. The van der Waals surface area contributed by atoms with Crippen LogP contribution in [0.25, 0.3) is 22.2 Å². The molecule has 0 radical (unpaired) electrons. The Kier molecular flexibility index (Phi) is 6.18. The topological polar surface area (TPSA) is 120 Å². The van der Waals surface area contributed by atoms with Crippen molar-refractivity contribution >= 4 is 23.2 Å². The number of imide groups is 1. The van der Waals surface area contributed by atoms with Crippen LogP contribution in [-0.4, -0.2) is 44.2 Å². The van der Waals surface area contributed by atoms with Crippen molar-refractivity contribution in [3.05, 3.63) is 58.6 Å². The average molecular weight is 448 g/mol. The third-order valence-electron chi connectivity index (χ3n) is 6.16. The largest absolute Gasteiger partial charge is 0.465 e. The highest BCUT2D eigenvalue weighted by Gasteiger charge is 2.34. The first-order valence-electron chi connectivity index (χ1n) is 10.8. The molecule has 9 nitrogen and oxygen atoms in total. The van der Waals surface area contributed by atoms with Crippen molar-refractivity contribution in [1.82, 2.24) is 14.4 Å². The first-order chi connectivity index (χ1) is 15.9. The smallest absolute Gasteiger partial charge is 0.419 e. The van der Waals surface area contributed by atoms with Crippen molar-refractivity contribution in [2.24, 2.45) is 7.05 Å². The fourth-order valence-electron chi connectivity index (χ4n) is 4.29. The quantitative estimate of drug-likeness (QED) is 0.462. The third kappa shape index (κ3) is 4.46. The summed E-state index contributed by atoms with van der Waals surface area (Å²) in [5, 5.41) is 19.0. The van der Waals surface area contributed by atoms with E-state index in [4.69, 9.17) is 4.42 Å². The number of nitrogens with zero attached hydrogens (tertiary/aromatic N) is 4. The summed E-state index contributed by atoms with van der Waals surface area (Å²) in [6.07, 6.45) is 3.96. The molecular weight excluding hydrogens is 424 g/mol. The number of oxazole rings is 1. The number of urea groups is 1. The van der Waals surface area contributed by atoms with Crippen LogP contribution < -0.4 is 5.76 Å². The van der Waals surface area contributed by atoms with E-state index in [1.54, 1.807) is 13.1 Å². The fourth-order valence-corrected chi connectivity index (χ4v) is 4.29. The summed E-state index contributed by atoms with van der Waals surface area (Å²) in [6.45, 7) is 0.0915. The summed E-state index contributed by atoms with van der Waals surface area (Å²) in [5.74, 6) is -0.413. The van der Waals surface area contributed by atoms with Gasteiger partial charge in [0.15, 0.2) is 11.8 Å². The maximum Gasteiger partial charge on any atom is 0.419 e. The molecule has 0 saturated heterocycles. The molecule has 1 saturated carbocycles. The maximum absolute atomic E-state index is 12.7. The second-order valence-electron chi connectivity index (χ2n) is 8.18. The number of hydrogen-bond acceptors (Lipinski definition) is 5. The van der Waals surface area contributed by atoms with Crippen molar-refractivity contribution in [2.75, 3.05) is 6.54 Å². The first-order valence-corrected chi connectivity index (χ1v) is 10.8. The van der Waals surface area contributed by atoms with Crippen LogP contribution in [0, 0.1) is 11.5 Å². The minimum Gasteiger partial charge on any atom is -0.465 e. The van der Waals surface area contributed by atoms with Crippen LogP contribution in [0.15, 0.2) is 51.7 Å². The SMILES string of the molecule is Cn1c(=O)oc2ccc(-c3ccc(CCN(C#N)C(=O)N(C(=O)O)C4CCCC4)cc3)cc21. The van der Waals surface area contributed by atoms with Gasteiger partial charge in [-0.05, 0) is 48.1 Å². The second kappa shape index (κ2) is 9.20. The van der Waals surface area contributed by atoms with E-state index in [0.717, 1.165) is 39.3 Å². The van der Waals surface area contributed by atoms with Crippen LogP contribution in [-0.2, 0) is 13.5 Å². The molecule has 0 bridgehead atoms. The molecule has 3 amide bonds. The number of aryl methyl sites for hydroxylation is 1. The normalized spacial score (nSPS) is 13.7. The number of nitriles is 1. The number of carbonyl (C=O) groups is 2. The van der Waals surface area contributed by atoms with Gasteiger partial charge >= 0.3 is 17.9 Å². The molecule has 0 spiro atoms. The highest BCUT2D eigenvalue weighted by atomic mass is 16.4. The number of benzene rings is 2. The molecule has 0 unspecified atom stereocenters. The van der Waals surface area contributed by atoms with Gasteiger partial charge in [-0.1, -0.05) is 43.2 Å². The van der Waals surface area contributed by atoms with Crippen molar-refractivity contribution < 1.29 is 19.1 Å². The summed E-state index contributed by atoms with van der Waals surface area (Å²) in [6, 6.07) is 12.0. The Morgan fingerprint density at radius 3 is 2.45 bits per heavy atom. The van der Waals surface area contributed by atoms with E-state index in [0.29, 0.717) is 30.4 Å². The summed E-state index contributed by atoms with van der Waals surface area (Å²) in [4.78, 5) is 37.8. The van der Waals surface area contributed by atoms with Crippen LogP contribution in [0.2, 0.25) is 0 Å². The number of rotatable bonds is 5. The lowest BCUT2D eigenvalue weighted by Crippen LogP contribution is -2.49. The summed E-state index contributed by atoms with van der Waals surface area (Å²) < 4.78 is 6.62. The van der Waals surface area contributed by atoms with Gasteiger partial charge in [-0.25, -0.2) is 24.2 Å². The number of carbonyl (C=O) groups excluding carboxylic acids is 1. The molecule has 2 aromatic carbocycles. The van der Waals surface area contributed by atoms with Gasteiger partial charge in [0.05, 0.1) is 5.52 Å². The predicted octanol–water partition coefficient (Wildman–Crippen LogP) is 4.17. The molecule has 33 heavy (non-hydrogen) atoms. The maximum atomic E-state index is 12.7. The van der Waals surface area contributed by atoms with E-state index < -0.39 is 17.9 Å². The highest BCUT2D eigenvalue weighted by Crippen LogP contribution is 2.26. The molecule has 1 aromatic heterocycles. The third-order valence-corrected chi connectivity index (χ3v) is 6.16. The zero-order chi connectivity index (χ0) is 23.5. The minimum absolute atomic E-state index is 0.0915. The van der Waals surface area contributed by atoms with E-state index in [2.05, 4.69) is 0 Å². The molecule has 0 atom stereocenters. The van der Waals surface area contributed by atoms with Gasteiger partial charge in [-0.2, -0.15) is 5.26 Å². The van der Waals surface area contributed by atoms with E-state index in [1.807, 2.05) is 42.6 Å². The molecule has 4 rings (SSSR count). The van der Waals surface area contributed by atoms with Crippen molar-refractivity contribution in [1.29, 1.82) is 5.26 Å². The Morgan fingerprint density at radius 1 is 1.15 bits per heavy atom. The Bertz CT molecular complexity index is 1280. The molecule has 1 aliphatic rings. The number of hydrogen-bond donors (Lipinski definition) is 1. The van der Waals surface area contributed by atoms with Crippen LogP contribution in [0.3, 0.4) is 0 Å². The van der Waals surface area contributed by atoms with Crippen LogP contribution in [0.1, 0.15) is 31.2 Å². The van der Waals surface area contributed by atoms with Gasteiger partial charge in [0.25, 0.3) is 0 Å². The van der Waals surface area contributed by atoms with E-state index in [9.17, 15) is 24.8 Å². The first kappa shape index (κ1) is 22.1. The number of fused-ring (bicyclic) bond motifs is 1. The van der Waals surface area contributed by atoms with Gasteiger partial charge in [-0.15, -0.1) is 0 Å². The van der Waals surface area contributed by atoms with Crippen molar-refractivity contribution in [3.63, 3.8) is 0 Å². The number of amides is 3. The van der Waals surface area contributed by atoms with E-state index in [-0.39, 0.29) is 12.6 Å². The van der Waals surface area contributed by atoms with Crippen LogP contribution in [0.5, 0.6) is 0 Å². The Morgan fingerprint density at radius 2 is 1.82 bits per heavy atom. The van der Waals surface area contributed by atoms with Gasteiger partial charge in [0.1, 0.15) is 0 Å². The average Bonchev–Trinajstić information content (AvgIpc) is 3.43. The Balaban J connectivity index is 1.44. The summed E-state index contributed by atoms with van der Waals surface area (Å²) in [7, 11) is 1.65. The predicted molar refractivity (Wildman–Crippen MR) is 120 cm³/mol. The van der Waals surface area contributed by atoms with E-state index >= 15 is 0 Å². The zero-order valence-corrected chi connectivity index (χ0v) is 18.2. The molecule has 170 valence electrons. The molecule has 1 fully saturated rings. The van der Waals surface area contributed by atoms with Gasteiger partial charge in [-0.3, -0.25) is 4.57 Å².